The summed E-state index contributed by atoms with van der Waals surface area (Å²) in [6.45, 7) is 2.06. The number of aromatic nitrogens is 4. The van der Waals surface area contributed by atoms with E-state index in [1.54, 1.807) is 4.80 Å². The number of hydrogen-bond acceptors (Lipinski definition) is 4. The van der Waals surface area contributed by atoms with Crippen LogP contribution in [0.25, 0.3) is 10.8 Å². The van der Waals surface area contributed by atoms with Gasteiger partial charge in [-0.3, -0.25) is 0 Å². The summed E-state index contributed by atoms with van der Waals surface area (Å²) in [5.41, 5.74) is 1.21. The Balaban J connectivity index is 1.77. The molecule has 5 nitrogen and oxygen atoms in total. The predicted octanol–water partition coefficient (Wildman–Crippen LogP) is 3.07. The Morgan fingerprint density at radius 1 is 1.17 bits per heavy atom. The van der Waals surface area contributed by atoms with Crippen LogP contribution in [-0.4, -0.2) is 33.3 Å². The Bertz CT molecular complexity index is 796. The second kappa shape index (κ2) is 6.26. The molecule has 0 saturated carbocycles. The predicted molar refractivity (Wildman–Crippen MR) is 90.5 cm³/mol. The van der Waals surface area contributed by atoms with Crippen molar-refractivity contribution in [3.63, 3.8) is 0 Å². The van der Waals surface area contributed by atoms with Crippen molar-refractivity contribution in [1.29, 1.82) is 0 Å². The molecule has 1 aliphatic rings. The molecule has 0 radical (unpaired) electrons. The van der Waals surface area contributed by atoms with Crippen LogP contribution in [0.1, 0.15) is 24.4 Å². The van der Waals surface area contributed by atoms with Gasteiger partial charge in [-0.15, -0.1) is 10.2 Å². The van der Waals surface area contributed by atoms with Crippen molar-refractivity contribution in [3.05, 3.63) is 53.3 Å². The van der Waals surface area contributed by atoms with Gasteiger partial charge < -0.3 is 5.32 Å². The lowest BCUT2D eigenvalue weighted by molar-refractivity contribution is 0.261. The van der Waals surface area contributed by atoms with E-state index in [2.05, 4.69) is 45.0 Å². The highest BCUT2D eigenvalue weighted by atomic mass is 35.5. The minimum Gasteiger partial charge on any atom is -0.316 e. The standard InChI is InChI=1S/C17H18ClN5/c18-16-6-5-12-8-14(4-3-13(12)9-16)17(23-21-11-20-22-23)15-2-1-7-19-10-15/h3-6,8-9,11,15,17,19H,1-2,7,10H2/t15-,17+/m1/s1. The van der Waals surface area contributed by atoms with E-state index in [9.17, 15) is 0 Å². The zero-order valence-corrected chi connectivity index (χ0v) is 13.4. The second-order valence-corrected chi connectivity index (χ2v) is 6.49. The van der Waals surface area contributed by atoms with E-state index in [-0.39, 0.29) is 6.04 Å². The largest absolute Gasteiger partial charge is 0.316 e. The fraction of sp³-hybridized carbons (Fsp3) is 0.353. The van der Waals surface area contributed by atoms with E-state index in [1.807, 2.05) is 12.1 Å². The quantitative estimate of drug-likeness (QED) is 0.803. The average Bonchev–Trinajstić information content (AvgIpc) is 3.10. The Hall–Kier alpha value is -1.98. The first-order chi connectivity index (χ1) is 11.3. The van der Waals surface area contributed by atoms with Crippen molar-refractivity contribution in [2.45, 2.75) is 18.9 Å². The van der Waals surface area contributed by atoms with E-state index in [0.717, 1.165) is 29.9 Å². The number of nitrogens with one attached hydrogen (secondary N) is 1. The fourth-order valence-electron chi connectivity index (χ4n) is 3.46. The Morgan fingerprint density at radius 2 is 2.04 bits per heavy atom. The van der Waals surface area contributed by atoms with Crippen LogP contribution in [0.4, 0.5) is 0 Å². The van der Waals surface area contributed by atoms with E-state index < -0.39 is 0 Å². The Morgan fingerprint density at radius 3 is 2.83 bits per heavy atom. The molecule has 3 aromatic rings. The van der Waals surface area contributed by atoms with Crippen molar-refractivity contribution in [3.8, 4) is 0 Å². The summed E-state index contributed by atoms with van der Waals surface area (Å²) in [5, 5.41) is 19.0. The zero-order chi connectivity index (χ0) is 15.6. The number of tetrazole rings is 1. The number of fused-ring (bicyclic) bond motifs is 1. The summed E-state index contributed by atoms with van der Waals surface area (Å²) in [7, 11) is 0. The van der Waals surface area contributed by atoms with Gasteiger partial charge >= 0.3 is 0 Å². The van der Waals surface area contributed by atoms with Crippen LogP contribution in [0.5, 0.6) is 0 Å². The molecular formula is C17H18ClN5. The van der Waals surface area contributed by atoms with Gasteiger partial charge in [0.2, 0.25) is 0 Å². The van der Waals surface area contributed by atoms with E-state index >= 15 is 0 Å². The van der Waals surface area contributed by atoms with Crippen LogP contribution in [0.3, 0.4) is 0 Å². The molecule has 0 amide bonds. The number of benzene rings is 2. The SMILES string of the molecule is Clc1ccc2cc([C@@H]([C@@H]3CCCNC3)n3ncnn3)ccc2c1. The third kappa shape index (κ3) is 2.94. The van der Waals surface area contributed by atoms with Gasteiger partial charge in [0.1, 0.15) is 6.04 Å². The molecule has 4 rings (SSSR count). The number of hydrogen-bond donors (Lipinski definition) is 1. The fourth-order valence-corrected chi connectivity index (χ4v) is 3.64. The summed E-state index contributed by atoms with van der Waals surface area (Å²) >= 11 is 6.08. The van der Waals surface area contributed by atoms with Crippen molar-refractivity contribution >= 4 is 22.4 Å². The molecule has 1 fully saturated rings. The molecule has 1 aromatic heterocycles. The molecule has 6 heteroatoms. The second-order valence-electron chi connectivity index (χ2n) is 6.06. The molecule has 23 heavy (non-hydrogen) atoms. The van der Waals surface area contributed by atoms with Crippen LogP contribution in [0.2, 0.25) is 5.02 Å². The third-order valence-corrected chi connectivity index (χ3v) is 4.80. The van der Waals surface area contributed by atoms with Crippen LogP contribution in [0, 0.1) is 5.92 Å². The molecule has 2 aromatic carbocycles. The highest BCUT2D eigenvalue weighted by molar-refractivity contribution is 6.31. The van der Waals surface area contributed by atoms with Crippen molar-refractivity contribution in [2.75, 3.05) is 13.1 Å². The molecule has 0 unspecified atom stereocenters. The number of nitrogens with zero attached hydrogens (tertiary/aromatic N) is 4. The molecule has 1 N–H and O–H groups in total. The van der Waals surface area contributed by atoms with Gasteiger partial charge in [-0.1, -0.05) is 29.8 Å². The average molecular weight is 328 g/mol. The number of piperidine rings is 1. The van der Waals surface area contributed by atoms with Crippen LogP contribution >= 0.6 is 11.6 Å². The summed E-state index contributed by atoms with van der Waals surface area (Å²) in [6.07, 6.45) is 3.85. The number of halogens is 1. The number of rotatable bonds is 3. The lowest BCUT2D eigenvalue weighted by Gasteiger charge is -2.30. The van der Waals surface area contributed by atoms with Gasteiger partial charge in [0.05, 0.1) is 0 Å². The third-order valence-electron chi connectivity index (χ3n) is 4.56. The zero-order valence-electron chi connectivity index (χ0n) is 12.7. The van der Waals surface area contributed by atoms with E-state index in [4.69, 9.17) is 11.6 Å². The minimum atomic E-state index is 0.102. The highest BCUT2D eigenvalue weighted by Crippen LogP contribution is 2.32. The molecule has 0 spiro atoms. The lowest BCUT2D eigenvalue weighted by atomic mass is 9.87. The summed E-state index contributed by atoms with van der Waals surface area (Å²) in [6, 6.07) is 12.6. The molecule has 2 atom stereocenters. The summed E-state index contributed by atoms with van der Waals surface area (Å²) in [5.74, 6) is 0.461. The smallest absolute Gasteiger partial charge is 0.162 e. The van der Waals surface area contributed by atoms with E-state index in [0.29, 0.717) is 5.92 Å². The van der Waals surface area contributed by atoms with Crippen molar-refractivity contribution in [1.82, 2.24) is 25.5 Å². The highest BCUT2D eigenvalue weighted by Gasteiger charge is 2.28. The minimum absolute atomic E-state index is 0.102. The van der Waals surface area contributed by atoms with Gasteiger partial charge in [-0.05, 0) is 65.1 Å². The van der Waals surface area contributed by atoms with Gasteiger partial charge in [-0.2, -0.15) is 4.80 Å². The van der Waals surface area contributed by atoms with Gasteiger partial charge in [-0.25, -0.2) is 0 Å². The molecule has 1 aliphatic heterocycles. The first-order valence-electron chi connectivity index (χ1n) is 7.94. The molecule has 0 bridgehead atoms. The van der Waals surface area contributed by atoms with Crippen molar-refractivity contribution < 1.29 is 0 Å². The maximum absolute atomic E-state index is 6.08. The van der Waals surface area contributed by atoms with Crippen LogP contribution < -0.4 is 5.32 Å². The van der Waals surface area contributed by atoms with Crippen molar-refractivity contribution in [2.24, 2.45) is 5.92 Å². The van der Waals surface area contributed by atoms with E-state index in [1.165, 1.54) is 23.7 Å². The lowest BCUT2D eigenvalue weighted by Crippen LogP contribution is -2.36. The first kappa shape index (κ1) is 14.6. The Kier molecular flexibility index (Phi) is 3.97. The van der Waals surface area contributed by atoms with Gasteiger partial charge in [0.15, 0.2) is 6.33 Å². The topological polar surface area (TPSA) is 55.6 Å². The monoisotopic (exact) mass is 327 g/mol. The maximum Gasteiger partial charge on any atom is 0.162 e. The van der Waals surface area contributed by atoms with Crippen LogP contribution in [0.15, 0.2) is 42.7 Å². The van der Waals surface area contributed by atoms with Crippen LogP contribution in [-0.2, 0) is 0 Å². The summed E-state index contributed by atoms with van der Waals surface area (Å²) in [4.78, 5) is 1.74. The molecular weight excluding hydrogens is 310 g/mol. The summed E-state index contributed by atoms with van der Waals surface area (Å²) < 4.78 is 0. The van der Waals surface area contributed by atoms with Gasteiger partial charge in [0, 0.05) is 11.6 Å². The molecule has 118 valence electrons. The maximum atomic E-state index is 6.08. The van der Waals surface area contributed by atoms with Gasteiger partial charge in [0.25, 0.3) is 0 Å². The Labute approximate surface area is 139 Å². The molecule has 2 heterocycles. The first-order valence-corrected chi connectivity index (χ1v) is 8.31. The molecule has 1 saturated heterocycles. The normalized spacial score (nSPS) is 19.8. The molecule has 0 aliphatic carbocycles.